The number of aryl methyl sites for hydroxylation is 1. The summed E-state index contributed by atoms with van der Waals surface area (Å²) in [7, 11) is 0. The van der Waals surface area contributed by atoms with E-state index in [0.717, 1.165) is 18.9 Å². The number of halogens is 1. The SMILES string of the molecule is CCCCC[N+](CCCCC)(CCCCC)CCOc1cccc(C)c1.[I-]. The van der Waals surface area contributed by atoms with Crippen molar-refractivity contribution in [1.29, 1.82) is 0 Å². The van der Waals surface area contributed by atoms with E-state index < -0.39 is 0 Å². The van der Waals surface area contributed by atoms with Crippen molar-refractivity contribution in [2.45, 2.75) is 85.5 Å². The summed E-state index contributed by atoms with van der Waals surface area (Å²) in [5, 5.41) is 0. The number of rotatable bonds is 16. The first-order valence-corrected chi connectivity index (χ1v) is 11.2. The molecule has 0 aliphatic carbocycles. The van der Waals surface area contributed by atoms with Crippen molar-refractivity contribution in [3.63, 3.8) is 0 Å². The van der Waals surface area contributed by atoms with Gasteiger partial charge in [-0.2, -0.15) is 0 Å². The van der Waals surface area contributed by atoms with Crippen LogP contribution in [0.2, 0.25) is 0 Å². The maximum Gasteiger partial charge on any atom is 0.137 e. The van der Waals surface area contributed by atoms with Gasteiger partial charge >= 0.3 is 0 Å². The van der Waals surface area contributed by atoms with Crippen LogP contribution in [0.5, 0.6) is 5.75 Å². The molecule has 0 amide bonds. The lowest BCUT2D eigenvalue weighted by Gasteiger charge is -2.39. The Morgan fingerprint density at radius 1 is 0.741 bits per heavy atom. The van der Waals surface area contributed by atoms with Crippen LogP contribution in [0.1, 0.15) is 84.1 Å². The second-order valence-electron chi connectivity index (χ2n) is 8.02. The van der Waals surface area contributed by atoms with Gasteiger partial charge in [0.15, 0.2) is 0 Å². The molecular formula is C24H44INO. The van der Waals surface area contributed by atoms with Crippen LogP contribution < -0.4 is 28.7 Å². The lowest BCUT2D eigenvalue weighted by Crippen LogP contribution is -3.00. The van der Waals surface area contributed by atoms with Crippen molar-refractivity contribution in [1.82, 2.24) is 0 Å². The number of unbranched alkanes of at least 4 members (excludes halogenated alkanes) is 6. The number of ether oxygens (including phenoxy) is 1. The summed E-state index contributed by atoms with van der Waals surface area (Å²) >= 11 is 0. The van der Waals surface area contributed by atoms with Gasteiger partial charge in [0, 0.05) is 0 Å². The molecule has 0 atom stereocenters. The first-order chi connectivity index (χ1) is 12.7. The van der Waals surface area contributed by atoms with E-state index in [9.17, 15) is 0 Å². The summed E-state index contributed by atoms with van der Waals surface area (Å²) in [5.41, 5.74) is 1.28. The molecule has 0 spiro atoms. The van der Waals surface area contributed by atoms with Crippen LogP contribution in [-0.4, -0.2) is 37.3 Å². The van der Waals surface area contributed by atoms with E-state index >= 15 is 0 Å². The van der Waals surface area contributed by atoms with Crippen molar-refractivity contribution in [2.75, 3.05) is 32.8 Å². The fourth-order valence-electron chi connectivity index (χ4n) is 3.82. The average molecular weight is 490 g/mol. The Balaban J connectivity index is 0.00000676. The predicted molar refractivity (Wildman–Crippen MR) is 115 cm³/mol. The van der Waals surface area contributed by atoms with Gasteiger partial charge in [-0.15, -0.1) is 0 Å². The van der Waals surface area contributed by atoms with Gasteiger partial charge in [-0.3, -0.25) is 0 Å². The van der Waals surface area contributed by atoms with Crippen molar-refractivity contribution in [3.05, 3.63) is 29.8 Å². The van der Waals surface area contributed by atoms with Crippen LogP contribution >= 0.6 is 0 Å². The van der Waals surface area contributed by atoms with Gasteiger partial charge < -0.3 is 33.2 Å². The molecule has 0 saturated carbocycles. The number of benzene rings is 1. The zero-order chi connectivity index (χ0) is 19.1. The Bertz CT molecular complexity index is 437. The van der Waals surface area contributed by atoms with Crippen molar-refractivity contribution in [2.24, 2.45) is 0 Å². The third kappa shape index (κ3) is 12.0. The van der Waals surface area contributed by atoms with E-state index in [2.05, 4.69) is 52.0 Å². The summed E-state index contributed by atoms with van der Waals surface area (Å²) in [6.07, 6.45) is 12.1. The minimum Gasteiger partial charge on any atom is -1.00 e. The number of hydrogen-bond acceptors (Lipinski definition) is 1. The summed E-state index contributed by atoms with van der Waals surface area (Å²) in [4.78, 5) is 0. The predicted octanol–water partition coefficient (Wildman–Crippen LogP) is 3.77. The molecule has 0 bridgehead atoms. The molecule has 0 unspecified atom stereocenters. The van der Waals surface area contributed by atoms with E-state index in [1.165, 1.54) is 87.5 Å². The normalized spacial score (nSPS) is 11.3. The Hall–Kier alpha value is -0.290. The number of nitrogens with zero attached hydrogens (tertiary/aromatic N) is 1. The number of quaternary nitrogens is 1. The molecule has 158 valence electrons. The average Bonchev–Trinajstić information content (AvgIpc) is 2.62. The van der Waals surface area contributed by atoms with Crippen molar-refractivity contribution >= 4 is 0 Å². The molecule has 0 fully saturated rings. The molecule has 0 aliphatic rings. The smallest absolute Gasteiger partial charge is 0.137 e. The highest BCUT2D eigenvalue weighted by Gasteiger charge is 2.26. The van der Waals surface area contributed by atoms with Crippen LogP contribution in [-0.2, 0) is 0 Å². The molecule has 1 aromatic rings. The van der Waals surface area contributed by atoms with E-state index in [0.29, 0.717) is 0 Å². The highest BCUT2D eigenvalue weighted by Crippen LogP contribution is 2.18. The zero-order valence-corrected chi connectivity index (χ0v) is 20.6. The van der Waals surface area contributed by atoms with Gasteiger partial charge in [0.2, 0.25) is 0 Å². The van der Waals surface area contributed by atoms with Gasteiger partial charge in [0.1, 0.15) is 18.9 Å². The molecule has 1 aromatic carbocycles. The van der Waals surface area contributed by atoms with Gasteiger partial charge in [-0.05, 0) is 63.1 Å². The van der Waals surface area contributed by atoms with Crippen LogP contribution in [0.25, 0.3) is 0 Å². The lowest BCUT2D eigenvalue weighted by atomic mass is 10.1. The molecule has 0 aliphatic heterocycles. The molecular weight excluding hydrogens is 445 g/mol. The summed E-state index contributed by atoms with van der Waals surface area (Å²) < 4.78 is 7.42. The van der Waals surface area contributed by atoms with Gasteiger partial charge in [-0.1, -0.05) is 52.2 Å². The second kappa shape index (κ2) is 16.6. The standard InChI is InChI=1S/C24H44NO.HI/c1-5-8-11-17-25(18-12-9-6-2,19-13-10-7-3)20-21-26-24-16-14-15-23(4)22-24;/h14-16,22H,5-13,17-21H2,1-4H3;1H/q+1;/p-1. The molecule has 0 N–H and O–H groups in total. The zero-order valence-electron chi connectivity index (χ0n) is 18.4. The highest BCUT2D eigenvalue weighted by atomic mass is 127. The molecule has 2 nitrogen and oxygen atoms in total. The quantitative estimate of drug-likeness (QED) is 0.195. The van der Waals surface area contributed by atoms with Crippen LogP contribution in [0, 0.1) is 6.92 Å². The van der Waals surface area contributed by atoms with Gasteiger partial charge in [-0.25, -0.2) is 0 Å². The monoisotopic (exact) mass is 489 g/mol. The minimum absolute atomic E-state index is 0. The van der Waals surface area contributed by atoms with Crippen LogP contribution in [0.15, 0.2) is 24.3 Å². The maximum atomic E-state index is 6.15. The Labute approximate surface area is 186 Å². The van der Waals surface area contributed by atoms with Crippen molar-refractivity contribution < 1.29 is 33.2 Å². The first kappa shape index (κ1) is 26.7. The molecule has 0 aromatic heterocycles. The van der Waals surface area contributed by atoms with E-state index in [4.69, 9.17) is 4.74 Å². The third-order valence-corrected chi connectivity index (χ3v) is 5.53. The Kier molecular flexibility index (Phi) is 16.5. The minimum atomic E-state index is 0. The van der Waals surface area contributed by atoms with Gasteiger partial charge in [0.25, 0.3) is 0 Å². The topological polar surface area (TPSA) is 9.23 Å². The molecule has 1 rings (SSSR count). The van der Waals surface area contributed by atoms with Crippen LogP contribution in [0.4, 0.5) is 0 Å². The fourth-order valence-corrected chi connectivity index (χ4v) is 3.82. The van der Waals surface area contributed by atoms with E-state index in [1.807, 2.05) is 0 Å². The third-order valence-electron chi connectivity index (χ3n) is 5.53. The molecule has 0 heterocycles. The van der Waals surface area contributed by atoms with Crippen LogP contribution in [0.3, 0.4) is 0 Å². The fraction of sp³-hybridized carbons (Fsp3) is 0.750. The largest absolute Gasteiger partial charge is 1.00 e. The molecule has 27 heavy (non-hydrogen) atoms. The Morgan fingerprint density at radius 2 is 1.26 bits per heavy atom. The van der Waals surface area contributed by atoms with Crippen molar-refractivity contribution in [3.8, 4) is 5.75 Å². The Morgan fingerprint density at radius 3 is 1.70 bits per heavy atom. The van der Waals surface area contributed by atoms with E-state index in [-0.39, 0.29) is 24.0 Å². The molecule has 0 radical (unpaired) electrons. The first-order valence-electron chi connectivity index (χ1n) is 11.2. The lowest BCUT2D eigenvalue weighted by molar-refractivity contribution is -0.928. The summed E-state index contributed by atoms with van der Waals surface area (Å²) in [6.45, 7) is 15.1. The maximum absolute atomic E-state index is 6.15. The second-order valence-corrected chi connectivity index (χ2v) is 8.02. The summed E-state index contributed by atoms with van der Waals surface area (Å²) in [6, 6.07) is 8.47. The summed E-state index contributed by atoms with van der Waals surface area (Å²) in [5.74, 6) is 1.03. The molecule has 3 heteroatoms. The van der Waals surface area contributed by atoms with E-state index in [1.54, 1.807) is 0 Å². The molecule has 0 saturated heterocycles. The van der Waals surface area contributed by atoms with Gasteiger partial charge in [0.05, 0.1) is 19.6 Å². The highest BCUT2D eigenvalue weighted by molar-refractivity contribution is 5.27. The number of hydrogen-bond donors (Lipinski definition) is 0.